The van der Waals surface area contributed by atoms with Crippen molar-refractivity contribution < 1.29 is 9.84 Å². The van der Waals surface area contributed by atoms with E-state index in [1.165, 1.54) is 0 Å². The Morgan fingerprint density at radius 3 is 3.12 bits per heavy atom. The van der Waals surface area contributed by atoms with Gasteiger partial charge in [-0.2, -0.15) is 0 Å². The maximum Gasteiger partial charge on any atom is 0.120 e. The molecule has 0 radical (unpaired) electrons. The highest BCUT2D eigenvalue weighted by Gasteiger charge is 2.02. The molecule has 0 bridgehead atoms. The first-order valence-electron chi connectivity index (χ1n) is 5.05. The molecule has 0 saturated heterocycles. The van der Waals surface area contributed by atoms with E-state index >= 15 is 0 Å². The highest BCUT2D eigenvalue weighted by Crippen LogP contribution is 2.26. The summed E-state index contributed by atoms with van der Waals surface area (Å²) in [6.45, 7) is 0.176. The van der Waals surface area contributed by atoms with Gasteiger partial charge in [-0.15, -0.1) is 11.3 Å². The second-order valence-corrected chi connectivity index (χ2v) is 4.36. The van der Waals surface area contributed by atoms with Crippen molar-refractivity contribution in [1.82, 2.24) is 4.98 Å². The van der Waals surface area contributed by atoms with Crippen molar-refractivity contribution in [2.24, 2.45) is 0 Å². The normalized spacial score (nSPS) is 11.4. The fraction of sp³-hybridized carbons (Fsp3) is 0.250. The highest BCUT2D eigenvalue weighted by atomic mass is 32.1. The lowest BCUT2D eigenvalue weighted by Gasteiger charge is -1.96. The van der Waals surface area contributed by atoms with Crippen molar-refractivity contribution in [2.75, 3.05) is 13.7 Å². The molecule has 0 aliphatic heterocycles. The van der Waals surface area contributed by atoms with Crippen molar-refractivity contribution in [3.63, 3.8) is 0 Å². The van der Waals surface area contributed by atoms with Crippen molar-refractivity contribution in [3.8, 4) is 5.75 Å². The fourth-order valence-corrected chi connectivity index (χ4v) is 2.31. The van der Waals surface area contributed by atoms with Crippen molar-refractivity contribution in [1.29, 1.82) is 0 Å². The lowest BCUT2D eigenvalue weighted by molar-refractivity contribution is 0.303. The van der Waals surface area contributed by atoms with Gasteiger partial charge in [-0.1, -0.05) is 6.08 Å². The average molecular weight is 235 g/mol. The molecule has 0 unspecified atom stereocenters. The number of thiazole rings is 1. The first-order chi connectivity index (χ1) is 7.83. The number of rotatable bonds is 4. The van der Waals surface area contributed by atoms with Crippen LogP contribution in [0.15, 0.2) is 24.3 Å². The van der Waals surface area contributed by atoms with Crippen LogP contribution in [-0.4, -0.2) is 23.8 Å². The molecular formula is C12H13NO2S. The molecular weight excluding hydrogens is 222 g/mol. The summed E-state index contributed by atoms with van der Waals surface area (Å²) >= 11 is 1.62. The predicted molar refractivity (Wildman–Crippen MR) is 66.9 cm³/mol. The molecule has 3 nitrogen and oxygen atoms in total. The molecule has 0 saturated carbocycles. The van der Waals surface area contributed by atoms with Gasteiger partial charge in [-0.3, -0.25) is 0 Å². The fourth-order valence-electron chi connectivity index (χ4n) is 1.38. The van der Waals surface area contributed by atoms with Gasteiger partial charge in [0.1, 0.15) is 10.8 Å². The topological polar surface area (TPSA) is 42.4 Å². The molecule has 1 N–H and O–H groups in total. The zero-order valence-electron chi connectivity index (χ0n) is 9.01. The molecule has 4 heteroatoms. The summed E-state index contributed by atoms with van der Waals surface area (Å²) in [5, 5.41) is 9.62. The molecule has 0 fully saturated rings. The van der Waals surface area contributed by atoms with Crippen LogP contribution in [0.1, 0.15) is 11.4 Å². The zero-order valence-corrected chi connectivity index (χ0v) is 9.83. The Kier molecular flexibility index (Phi) is 3.54. The Balaban J connectivity index is 2.29. The average Bonchev–Trinajstić information content (AvgIpc) is 2.70. The van der Waals surface area contributed by atoms with Crippen LogP contribution in [-0.2, 0) is 0 Å². The van der Waals surface area contributed by atoms with Crippen LogP contribution in [0.2, 0.25) is 0 Å². The largest absolute Gasteiger partial charge is 0.497 e. The first kappa shape index (κ1) is 11.1. The molecule has 1 heterocycles. The van der Waals surface area contributed by atoms with Gasteiger partial charge in [0.05, 0.1) is 17.3 Å². The van der Waals surface area contributed by atoms with Gasteiger partial charge in [0.25, 0.3) is 0 Å². The number of methoxy groups -OCH3 is 1. The molecule has 1 aromatic heterocycles. The van der Waals surface area contributed by atoms with E-state index in [2.05, 4.69) is 4.98 Å². The number of hydrogen-bond acceptors (Lipinski definition) is 4. The number of ether oxygens (including phenoxy) is 1. The molecule has 2 aromatic rings. The van der Waals surface area contributed by atoms with Crippen molar-refractivity contribution in [3.05, 3.63) is 29.3 Å². The smallest absolute Gasteiger partial charge is 0.120 e. The monoisotopic (exact) mass is 235 g/mol. The van der Waals surface area contributed by atoms with Crippen LogP contribution in [0.5, 0.6) is 5.75 Å². The van der Waals surface area contributed by atoms with Crippen LogP contribution < -0.4 is 4.74 Å². The number of nitrogens with zero attached hydrogens (tertiary/aromatic N) is 1. The minimum Gasteiger partial charge on any atom is -0.497 e. The Labute approximate surface area is 98.0 Å². The van der Waals surface area contributed by atoms with Crippen molar-refractivity contribution >= 4 is 27.6 Å². The molecule has 16 heavy (non-hydrogen) atoms. The SMILES string of the molecule is COc1ccc2nc(C=CCCO)sc2c1. The van der Waals surface area contributed by atoms with E-state index in [0.717, 1.165) is 21.0 Å². The van der Waals surface area contributed by atoms with Crippen LogP contribution in [0.3, 0.4) is 0 Å². The first-order valence-corrected chi connectivity index (χ1v) is 5.87. The van der Waals surface area contributed by atoms with Crippen molar-refractivity contribution in [2.45, 2.75) is 6.42 Å². The summed E-state index contributed by atoms with van der Waals surface area (Å²) in [5.74, 6) is 0.849. The second kappa shape index (κ2) is 5.09. The number of aliphatic hydroxyl groups is 1. The van der Waals surface area contributed by atoms with Gasteiger partial charge >= 0.3 is 0 Å². The summed E-state index contributed by atoms with van der Waals surface area (Å²) < 4.78 is 6.27. The summed E-state index contributed by atoms with van der Waals surface area (Å²) in [6, 6.07) is 5.84. The molecule has 0 atom stereocenters. The highest BCUT2D eigenvalue weighted by molar-refractivity contribution is 7.19. The number of benzene rings is 1. The Morgan fingerprint density at radius 2 is 2.38 bits per heavy atom. The third-order valence-corrected chi connectivity index (χ3v) is 3.15. The van der Waals surface area contributed by atoms with E-state index < -0.39 is 0 Å². The van der Waals surface area contributed by atoms with Gasteiger partial charge in [0.2, 0.25) is 0 Å². The number of aliphatic hydroxyl groups excluding tert-OH is 1. The quantitative estimate of drug-likeness (QED) is 0.886. The number of fused-ring (bicyclic) bond motifs is 1. The molecule has 0 spiro atoms. The van der Waals surface area contributed by atoms with Gasteiger partial charge in [0, 0.05) is 6.61 Å². The molecule has 0 aliphatic rings. The Morgan fingerprint density at radius 1 is 1.50 bits per heavy atom. The van der Waals surface area contributed by atoms with Gasteiger partial charge in [-0.25, -0.2) is 4.98 Å². The van der Waals surface area contributed by atoms with Crippen LogP contribution in [0.4, 0.5) is 0 Å². The van der Waals surface area contributed by atoms with E-state index in [4.69, 9.17) is 9.84 Å². The third-order valence-electron chi connectivity index (χ3n) is 2.17. The Bertz CT molecular complexity index is 505. The van der Waals surface area contributed by atoms with E-state index in [1.54, 1.807) is 18.4 Å². The summed E-state index contributed by atoms with van der Waals surface area (Å²) in [6.07, 6.45) is 4.53. The van der Waals surface area contributed by atoms with Crippen LogP contribution in [0.25, 0.3) is 16.3 Å². The van der Waals surface area contributed by atoms with E-state index in [1.807, 2.05) is 30.4 Å². The molecule has 84 valence electrons. The summed E-state index contributed by atoms with van der Waals surface area (Å²) in [5.41, 5.74) is 0.981. The molecule has 0 amide bonds. The maximum atomic E-state index is 8.67. The predicted octanol–water partition coefficient (Wildman–Crippen LogP) is 2.70. The van der Waals surface area contributed by atoms with Gasteiger partial charge in [-0.05, 0) is 30.7 Å². The Hall–Kier alpha value is -1.39. The number of hydrogen-bond donors (Lipinski definition) is 1. The molecule has 2 rings (SSSR count). The molecule has 1 aromatic carbocycles. The maximum absolute atomic E-state index is 8.67. The van der Waals surface area contributed by atoms with Crippen LogP contribution >= 0.6 is 11.3 Å². The standard InChI is InChI=1S/C12H13NO2S/c1-15-9-5-6-10-11(8-9)16-12(13-10)4-2-3-7-14/h2,4-6,8,14H,3,7H2,1H3. The minimum atomic E-state index is 0.176. The summed E-state index contributed by atoms with van der Waals surface area (Å²) in [4.78, 5) is 4.45. The van der Waals surface area contributed by atoms with Gasteiger partial charge < -0.3 is 9.84 Å². The summed E-state index contributed by atoms with van der Waals surface area (Å²) in [7, 11) is 1.66. The number of aromatic nitrogens is 1. The van der Waals surface area contributed by atoms with E-state index in [0.29, 0.717) is 6.42 Å². The third kappa shape index (κ3) is 2.40. The zero-order chi connectivity index (χ0) is 11.4. The molecule has 0 aliphatic carbocycles. The lowest BCUT2D eigenvalue weighted by atomic mass is 10.3. The lowest BCUT2D eigenvalue weighted by Crippen LogP contribution is -1.80. The second-order valence-electron chi connectivity index (χ2n) is 3.30. The van der Waals surface area contributed by atoms with Crippen LogP contribution in [0, 0.1) is 0 Å². The van der Waals surface area contributed by atoms with E-state index in [9.17, 15) is 0 Å². The van der Waals surface area contributed by atoms with E-state index in [-0.39, 0.29) is 6.61 Å². The minimum absolute atomic E-state index is 0.176. The van der Waals surface area contributed by atoms with Gasteiger partial charge in [0.15, 0.2) is 0 Å².